The molecule has 5 atom stereocenters. The summed E-state index contributed by atoms with van der Waals surface area (Å²) in [5.41, 5.74) is -0.748. The van der Waals surface area contributed by atoms with Crippen molar-refractivity contribution in [2.45, 2.75) is 78.8 Å². The quantitative estimate of drug-likeness (QED) is 0.691. The largest absolute Gasteiger partial charge is 0.457 e. The summed E-state index contributed by atoms with van der Waals surface area (Å²) in [7, 11) is 0. The Morgan fingerprint density at radius 3 is 1.88 bits per heavy atom. The smallest absolute Gasteiger partial charge is 0.312 e. The summed E-state index contributed by atoms with van der Waals surface area (Å²) in [4.78, 5) is 24.0. The van der Waals surface area contributed by atoms with Crippen LogP contribution in [0.5, 0.6) is 0 Å². The van der Waals surface area contributed by atoms with Crippen molar-refractivity contribution < 1.29 is 28.5 Å². The minimum absolute atomic E-state index is 0.172. The summed E-state index contributed by atoms with van der Waals surface area (Å²) >= 11 is 0. The Morgan fingerprint density at radius 2 is 1.46 bits per heavy atom. The van der Waals surface area contributed by atoms with Gasteiger partial charge in [-0.25, -0.2) is 0 Å². The Bertz CT molecular complexity index is 488. The van der Waals surface area contributed by atoms with Crippen molar-refractivity contribution in [3.05, 3.63) is 0 Å². The van der Waals surface area contributed by atoms with Crippen molar-refractivity contribution in [3.63, 3.8) is 0 Å². The molecule has 2 heterocycles. The van der Waals surface area contributed by atoms with Crippen LogP contribution in [-0.4, -0.2) is 49.6 Å². The molecule has 0 aliphatic carbocycles. The van der Waals surface area contributed by atoms with Crippen molar-refractivity contribution >= 4 is 11.9 Å². The van der Waals surface area contributed by atoms with Gasteiger partial charge in [0.05, 0.1) is 18.6 Å². The third kappa shape index (κ3) is 3.31. The maximum atomic E-state index is 12.9. The number of carbonyl (C=O) groups is 2. The highest BCUT2D eigenvalue weighted by Crippen LogP contribution is 2.45. The minimum Gasteiger partial charge on any atom is -0.457 e. The molecule has 24 heavy (non-hydrogen) atoms. The Labute approximate surface area is 144 Å². The molecule has 0 aromatic carbocycles. The van der Waals surface area contributed by atoms with Crippen LogP contribution in [0.4, 0.5) is 0 Å². The van der Waals surface area contributed by atoms with E-state index < -0.39 is 17.6 Å². The van der Waals surface area contributed by atoms with E-state index in [1.807, 2.05) is 13.8 Å². The van der Waals surface area contributed by atoms with Crippen molar-refractivity contribution in [2.75, 3.05) is 13.2 Å². The fourth-order valence-electron chi connectivity index (χ4n) is 3.40. The van der Waals surface area contributed by atoms with E-state index >= 15 is 0 Å². The van der Waals surface area contributed by atoms with Gasteiger partial charge in [-0.1, -0.05) is 27.7 Å². The molecule has 0 amide bonds. The van der Waals surface area contributed by atoms with Gasteiger partial charge in [0.25, 0.3) is 0 Å². The first-order chi connectivity index (χ1) is 11.2. The van der Waals surface area contributed by atoms with E-state index in [0.29, 0.717) is 6.42 Å². The van der Waals surface area contributed by atoms with Gasteiger partial charge in [0.15, 0.2) is 12.2 Å². The zero-order valence-electron chi connectivity index (χ0n) is 15.6. The average molecular weight is 342 g/mol. The van der Waals surface area contributed by atoms with Crippen LogP contribution < -0.4 is 0 Å². The maximum Gasteiger partial charge on any atom is 0.312 e. The Morgan fingerprint density at radius 1 is 0.958 bits per heavy atom. The van der Waals surface area contributed by atoms with Gasteiger partial charge in [-0.2, -0.15) is 0 Å². The summed E-state index contributed by atoms with van der Waals surface area (Å²) < 4.78 is 22.4. The fourth-order valence-corrected chi connectivity index (χ4v) is 3.40. The van der Waals surface area contributed by atoms with Crippen LogP contribution >= 0.6 is 0 Å². The normalized spacial score (nSPS) is 32.1. The van der Waals surface area contributed by atoms with E-state index in [9.17, 15) is 9.59 Å². The number of rotatable bonds is 6. The standard InChI is InChI=1S/C18H30O6/c1-7-17(4,5)18(6,8-2)16(20)24-13-10-22-14-12(23-11(3)19)9-21-15(13)14/h12-15H,7-10H2,1-6H3. The molecule has 0 radical (unpaired) electrons. The molecule has 0 N–H and O–H groups in total. The molecule has 2 saturated heterocycles. The van der Waals surface area contributed by atoms with E-state index in [4.69, 9.17) is 18.9 Å². The molecule has 0 spiro atoms. The second-order valence-corrected chi connectivity index (χ2v) is 7.61. The molecule has 2 fully saturated rings. The Balaban J connectivity index is 2.04. The van der Waals surface area contributed by atoms with E-state index in [1.54, 1.807) is 0 Å². The maximum absolute atomic E-state index is 12.9. The van der Waals surface area contributed by atoms with E-state index in [2.05, 4.69) is 20.8 Å². The lowest BCUT2D eigenvalue weighted by Gasteiger charge is -2.41. The van der Waals surface area contributed by atoms with E-state index in [-0.39, 0.29) is 42.8 Å². The summed E-state index contributed by atoms with van der Waals surface area (Å²) in [6.07, 6.45) is -0.0407. The Hall–Kier alpha value is -1.14. The molecule has 0 saturated carbocycles. The molecule has 2 aliphatic heterocycles. The zero-order valence-corrected chi connectivity index (χ0v) is 15.6. The first-order valence-corrected chi connectivity index (χ1v) is 8.77. The highest BCUT2D eigenvalue weighted by molar-refractivity contribution is 5.77. The monoisotopic (exact) mass is 342 g/mol. The van der Waals surface area contributed by atoms with Crippen LogP contribution in [0.3, 0.4) is 0 Å². The van der Waals surface area contributed by atoms with Gasteiger partial charge in [-0.3, -0.25) is 9.59 Å². The summed E-state index contributed by atoms with van der Waals surface area (Å²) in [5, 5.41) is 0. The summed E-state index contributed by atoms with van der Waals surface area (Å²) in [6, 6.07) is 0. The van der Waals surface area contributed by atoms with Gasteiger partial charge in [0, 0.05) is 6.92 Å². The van der Waals surface area contributed by atoms with Crippen LogP contribution in [0, 0.1) is 10.8 Å². The van der Waals surface area contributed by atoms with Crippen LogP contribution in [0.25, 0.3) is 0 Å². The minimum atomic E-state index is -0.576. The first-order valence-electron chi connectivity index (χ1n) is 8.77. The molecular weight excluding hydrogens is 312 g/mol. The van der Waals surface area contributed by atoms with Gasteiger partial charge >= 0.3 is 11.9 Å². The highest BCUT2D eigenvalue weighted by atomic mass is 16.7. The van der Waals surface area contributed by atoms with E-state index in [1.165, 1.54) is 6.92 Å². The van der Waals surface area contributed by atoms with Gasteiger partial charge in [-0.05, 0) is 25.2 Å². The molecule has 2 aliphatic rings. The van der Waals surface area contributed by atoms with Gasteiger partial charge in [0.1, 0.15) is 12.2 Å². The lowest BCUT2D eigenvalue weighted by Crippen LogP contribution is -2.45. The number of hydrogen-bond donors (Lipinski definition) is 0. The molecule has 6 nitrogen and oxygen atoms in total. The van der Waals surface area contributed by atoms with Crippen molar-refractivity contribution in [1.29, 1.82) is 0 Å². The third-order valence-corrected chi connectivity index (χ3v) is 6.07. The lowest BCUT2D eigenvalue weighted by atomic mass is 9.63. The van der Waals surface area contributed by atoms with Crippen LogP contribution in [0.1, 0.15) is 54.4 Å². The van der Waals surface area contributed by atoms with Gasteiger partial charge < -0.3 is 18.9 Å². The first kappa shape index (κ1) is 19.2. The summed E-state index contributed by atoms with van der Waals surface area (Å²) in [5.74, 6) is -0.581. The second kappa shape index (κ2) is 7.00. The predicted molar refractivity (Wildman–Crippen MR) is 87.4 cm³/mol. The number of hydrogen-bond acceptors (Lipinski definition) is 6. The van der Waals surface area contributed by atoms with Crippen LogP contribution in [0.2, 0.25) is 0 Å². The molecular formula is C18H30O6. The number of carbonyl (C=O) groups excluding carboxylic acids is 2. The topological polar surface area (TPSA) is 71.1 Å². The number of ether oxygens (including phenoxy) is 4. The number of fused-ring (bicyclic) bond motifs is 1. The third-order valence-electron chi connectivity index (χ3n) is 6.07. The molecule has 138 valence electrons. The average Bonchev–Trinajstić information content (AvgIpc) is 3.09. The molecule has 5 unspecified atom stereocenters. The molecule has 0 aromatic rings. The Kier molecular flexibility index (Phi) is 5.60. The lowest BCUT2D eigenvalue weighted by molar-refractivity contribution is -0.173. The van der Waals surface area contributed by atoms with Crippen molar-refractivity contribution in [1.82, 2.24) is 0 Å². The van der Waals surface area contributed by atoms with Crippen molar-refractivity contribution in [2.24, 2.45) is 10.8 Å². The highest BCUT2D eigenvalue weighted by Gasteiger charge is 2.53. The zero-order chi connectivity index (χ0) is 18.1. The molecule has 0 aromatic heterocycles. The molecule has 2 rings (SSSR count). The van der Waals surface area contributed by atoms with Crippen LogP contribution in [-0.2, 0) is 28.5 Å². The van der Waals surface area contributed by atoms with Crippen LogP contribution in [0.15, 0.2) is 0 Å². The molecule has 0 bridgehead atoms. The molecule has 6 heteroatoms. The second-order valence-electron chi connectivity index (χ2n) is 7.61. The SMILES string of the molecule is CCC(C)(C)C(C)(CC)C(=O)OC1COC2C(OC(C)=O)COC12. The van der Waals surface area contributed by atoms with Gasteiger partial charge in [0.2, 0.25) is 0 Å². The fraction of sp³-hybridized carbons (Fsp3) is 0.889. The van der Waals surface area contributed by atoms with E-state index in [0.717, 1.165) is 6.42 Å². The number of esters is 2. The summed E-state index contributed by atoms with van der Waals surface area (Å²) in [6.45, 7) is 12.1. The predicted octanol–water partition coefficient (Wildman–Crippen LogP) is 2.48. The van der Waals surface area contributed by atoms with Crippen molar-refractivity contribution in [3.8, 4) is 0 Å². The van der Waals surface area contributed by atoms with Gasteiger partial charge in [-0.15, -0.1) is 0 Å².